The zero-order valence-electron chi connectivity index (χ0n) is 15.9. The van der Waals surface area contributed by atoms with Crippen molar-refractivity contribution in [3.63, 3.8) is 0 Å². The van der Waals surface area contributed by atoms with E-state index in [2.05, 4.69) is 9.88 Å². The van der Waals surface area contributed by atoms with Crippen molar-refractivity contribution >= 4 is 38.2 Å². The number of H-pyrrole nitrogens is 1. The molecule has 3 aromatic rings. The van der Waals surface area contributed by atoms with E-state index in [4.69, 9.17) is 11.6 Å². The van der Waals surface area contributed by atoms with E-state index in [1.807, 2.05) is 56.4 Å². The van der Waals surface area contributed by atoms with Crippen LogP contribution in [0.3, 0.4) is 0 Å². The highest BCUT2D eigenvalue weighted by molar-refractivity contribution is 7.89. The van der Waals surface area contributed by atoms with Crippen LogP contribution in [-0.4, -0.2) is 38.9 Å². The van der Waals surface area contributed by atoms with Crippen LogP contribution in [0.15, 0.2) is 53.6 Å². The van der Waals surface area contributed by atoms with Crippen LogP contribution >= 0.6 is 11.6 Å². The van der Waals surface area contributed by atoms with Crippen molar-refractivity contribution in [3.05, 3.63) is 64.8 Å². The lowest BCUT2D eigenvalue weighted by atomic mass is 10.1. The Labute approximate surface area is 170 Å². The van der Waals surface area contributed by atoms with E-state index in [1.165, 1.54) is 0 Å². The Kier molecular flexibility index (Phi) is 5.04. The lowest BCUT2D eigenvalue weighted by Crippen LogP contribution is -2.48. The van der Waals surface area contributed by atoms with Crippen LogP contribution in [0.5, 0.6) is 0 Å². The Morgan fingerprint density at radius 2 is 1.71 bits per heavy atom. The second-order valence-corrected chi connectivity index (χ2v) is 9.56. The Hall–Kier alpha value is -2.15. The Bertz CT molecular complexity index is 1140. The molecule has 1 aliphatic heterocycles. The number of benzene rings is 2. The molecule has 0 amide bonds. The number of aromatic nitrogens is 1. The molecule has 5 nitrogen and oxygen atoms in total. The van der Waals surface area contributed by atoms with Crippen LogP contribution in [0.2, 0.25) is 5.02 Å². The number of nitrogens with one attached hydrogen (secondary N) is 1. The highest BCUT2D eigenvalue weighted by Crippen LogP contribution is 2.28. The molecule has 2 aromatic carbocycles. The summed E-state index contributed by atoms with van der Waals surface area (Å²) in [5, 5.41) is 1.77. The summed E-state index contributed by atoms with van der Waals surface area (Å²) >= 11 is 6.10. The van der Waals surface area contributed by atoms with Gasteiger partial charge in [-0.3, -0.25) is 0 Å². The number of aromatic amines is 1. The lowest BCUT2D eigenvalue weighted by molar-refractivity contribution is -0.344. The Morgan fingerprint density at radius 3 is 2.46 bits per heavy atom. The average Bonchev–Trinajstić information content (AvgIpc) is 2.69. The molecule has 0 spiro atoms. The Balaban J connectivity index is 1.58. The summed E-state index contributed by atoms with van der Waals surface area (Å²) < 4.78 is 27.9. The number of sulfonamides is 1. The highest BCUT2D eigenvalue weighted by Gasteiger charge is 2.30. The first kappa shape index (κ1) is 19.2. The monoisotopic (exact) mass is 416 g/mol. The van der Waals surface area contributed by atoms with Crippen LogP contribution in [0.25, 0.3) is 10.9 Å². The SMILES string of the molecule is Cc1ccc(C)c(S(=O)(=O)N2CCN(c3cc[nH+]c4cc(Cl)ccc34)CC2)c1. The number of halogens is 1. The second kappa shape index (κ2) is 7.35. The molecule has 7 heteroatoms. The predicted octanol–water partition coefficient (Wildman–Crippen LogP) is 3.44. The first-order chi connectivity index (χ1) is 13.4. The number of hydrogen-bond acceptors (Lipinski definition) is 3. The molecule has 4 rings (SSSR count). The van der Waals surface area contributed by atoms with Gasteiger partial charge in [0.1, 0.15) is 0 Å². The quantitative estimate of drug-likeness (QED) is 0.657. The van der Waals surface area contributed by atoms with Gasteiger partial charge in [-0.1, -0.05) is 23.7 Å². The molecule has 1 aliphatic rings. The fraction of sp³-hybridized carbons (Fsp3) is 0.286. The molecule has 0 saturated carbocycles. The number of fused-ring (bicyclic) bond motifs is 1. The first-order valence-electron chi connectivity index (χ1n) is 9.28. The van der Waals surface area contributed by atoms with Crippen LogP contribution in [0, 0.1) is 13.8 Å². The maximum atomic E-state index is 13.1. The number of anilines is 1. The topological polar surface area (TPSA) is 54.8 Å². The van der Waals surface area contributed by atoms with E-state index in [0.29, 0.717) is 36.1 Å². The van der Waals surface area contributed by atoms with Gasteiger partial charge in [0.05, 0.1) is 16.0 Å². The van der Waals surface area contributed by atoms with E-state index in [1.54, 1.807) is 10.4 Å². The number of hydrogen-bond donors (Lipinski definition) is 0. The van der Waals surface area contributed by atoms with E-state index in [0.717, 1.165) is 27.7 Å². The molecule has 0 radical (unpaired) electrons. The Morgan fingerprint density at radius 1 is 0.964 bits per heavy atom. The number of piperazine rings is 1. The van der Waals surface area contributed by atoms with Crippen molar-refractivity contribution in [1.82, 2.24) is 4.31 Å². The molecular weight excluding hydrogens is 394 g/mol. The van der Waals surface area contributed by atoms with Gasteiger partial charge in [-0.15, -0.1) is 0 Å². The average molecular weight is 417 g/mol. The first-order valence-corrected chi connectivity index (χ1v) is 11.1. The molecule has 1 saturated heterocycles. The third-order valence-electron chi connectivity index (χ3n) is 5.28. The summed E-state index contributed by atoms with van der Waals surface area (Å²) in [4.78, 5) is 5.87. The second-order valence-electron chi connectivity index (χ2n) is 7.21. The lowest BCUT2D eigenvalue weighted by Gasteiger charge is -2.35. The third kappa shape index (κ3) is 3.48. The van der Waals surface area contributed by atoms with Crippen molar-refractivity contribution in [2.75, 3.05) is 31.1 Å². The molecule has 2 heterocycles. The molecule has 0 atom stereocenters. The summed E-state index contributed by atoms with van der Waals surface area (Å²) in [6, 6.07) is 13.4. The van der Waals surface area contributed by atoms with Crippen LogP contribution in [-0.2, 0) is 10.0 Å². The molecule has 1 fully saturated rings. The van der Waals surface area contributed by atoms with Gasteiger partial charge in [-0.2, -0.15) is 4.31 Å². The smallest absolute Gasteiger partial charge is 0.243 e. The number of pyridine rings is 1. The molecule has 0 bridgehead atoms. The van der Waals surface area contributed by atoms with Crippen molar-refractivity contribution in [1.29, 1.82) is 0 Å². The van der Waals surface area contributed by atoms with E-state index >= 15 is 0 Å². The maximum absolute atomic E-state index is 13.1. The highest BCUT2D eigenvalue weighted by atomic mass is 35.5. The van der Waals surface area contributed by atoms with Gasteiger partial charge in [0.15, 0.2) is 6.20 Å². The largest absolute Gasteiger partial charge is 0.368 e. The minimum Gasteiger partial charge on any atom is -0.368 e. The zero-order valence-corrected chi connectivity index (χ0v) is 17.5. The summed E-state index contributed by atoms with van der Waals surface area (Å²) in [7, 11) is -3.49. The number of aryl methyl sites for hydroxylation is 2. The van der Waals surface area contributed by atoms with Crippen molar-refractivity contribution in [2.24, 2.45) is 0 Å². The summed E-state index contributed by atoms with van der Waals surface area (Å²) in [5.41, 5.74) is 3.80. The normalized spacial score (nSPS) is 15.9. The van der Waals surface area contributed by atoms with E-state index < -0.39 is 10.0 Å². The molecule has 1 aromatic heterocycles. The van der Waals surface area contributed by atoms with Crippen LogP contribution < -0.4 is 9.88 Å². The fourth-order valence-corrected chi connectivity index (χ4v) is 5.63. The molecular formula is C21H23ClN3O2S+. The number of rotatable bonds is 3. The van der Waals surface area contributed by atoms with Crippen molar-refractivity contribution < 1.29 is 13.4 Å². The fourth-order valence-electron chi connectivity index (χ4n) is 3.73. The van der Waals surface area contributed by atoms with Crippen LogP contribution in [0.4, 0.5) is 5.69 Å². The van der Waals surface area contributed by atoms with Gasteiger partial charge < -0.3 is 4.90 Å². The minimum atomic E-state index is -3.49. The maximum Gasteiger partial charge on any atom is 0.243 e. The van der Waals surface area contributed by atoms with Gasteiger partial charge in [0.25, 0.3) is 0 Å². The summed E-state index contributed by atoms with van der Waals surface area (Å²) in [6.07, 6.45) is 1.90. The molecule has 28 heavy (non-hydrogen) atoms. The van der Waals surface area contributed by atoms with Gasteiger partial charge in [0, 0.05) is 43.3 Å². The van der Waals surface area contributed by atoms with Gasteiger partial charge >= 0.3 is 0 Å². The zero-order chi connectivity index (χ0) is 19.9. The van der Waals surface area contributed by atoms with Gasteiger partial charge in [0.2, 0.25) is 15.5 Å². The molecule has 146 valence electrons. The number of nitrogens with zero attached hydrogens (tertiary/aromatic N) is 2. The van der Waals surface area contributed by atoms with Crippen molar-refractivity contribution in [2.45, 2.75) is 18.7 Å². The predicted molar refractivity (Wildman–Crippen MR) is 112 cm³/mol. The molecule has 0 aliphatic carbocycles. The van der Waals surface area contributed by atoms with Gasteiger partial charge in [-0.05, 0) is 43.2 Å². The molecule has 1 N–H and O–H groups in total. The minimum absolute atomic E-state index is 0.412. The van der Waals surface area contributed by atoms with E-state index in [9.17, 15) is 8.42 Å². The summed E-state index contributed by atoms with van der Waals surface area (Å²) in [5.74, 6) is 0. The van der Waals surface area contributed by atoms with Gasteiger partial charge in [-0.25, -0.2) is 13.4 Å². The van der Waals surface area contributed by atoms with E-state index in [-0.39, 0.29) is 0 Å². The van der Waals surface area contributed by atoms with Crippen molar-refractivity contribution in [3.8, 4) is 0 Å². The summed E-state index contributed by atoms with van der Waals surface area (Å²) in [6.45, 7) is 5.98. The van der Waals surface area contributed by atoms with Crippen LogP contribution in [0.1, 0.15) is 11.1 Å². The molecule has 0 unspecified atom stereocenters. The third-order valence-corrected chi connectivity index (χ3v) is 7.55. The standard InChI is InChI=1S/C21H22ClN3O2S/c1-15-3-4-16(2)21(13-15)28(26,27)25-11-9-24(10-12-25)20-7-8-23-19-14-17(22)5-6-18(19)20/h3-8,13-14H,9-12H2,1-2H3/p+1.